The van der Waals surface area contributed by atoms with E-state index >= 15 is 0 Å². The fourth-order valence-electron chi connectivity index (χ4n) is 3.13. The van der Waals surface area contributed by atoms with E-state index in [2.05, 4.69) is 23.7 Å². The molecule has 6 nitrogen and oxygen atoms in total. The summed E-state index contributed by atoms with van der Waals surface area (Å²) in [6.45, 7) is 11.1. The zero-order valence-corrected chi connectivity index (χ0v) is 16.6. The molecule has 2 heterocycles. The van der Waals surface area contributed by atoms with Gasteiger partial charge in [0.05, 0.1) is 0 Å². The van der Waals surface area contributed by atoms with E-state index in [1.807, 2.05) is 49.1 Å². The maximum Gasteiger partial charge on any atom is 0.260 e. The molecule has 6 heteroatoms. The van der Waals surface area contributed by atoms with Crippen molar-refractivity contribution in [1.29, 1.82) is 0 Å². The molecular formula is C21H28N4O2. The molecule has 0 spiro atoms. The van der Waals surface area contributed by atoms with Gasteiger partial charge in [-0.25, -0.2) is 9.97 Å². The van der Waals surface area contributed by atoms with E-state index in [4.69, 9.17) is 9.72 Å². The van der Waals surface area contributed by atoms with Crippen LogP contribution in [0.15, 0.2) is 30.3 Å². The summed E-state index contributed by atoms with van der Waals surface area (Å²) < 4.78 is 5.70. The standard InChI is InChI=1S/C21H28N4O2/c1-15(2)21-22-17(4)13-19(23-21)24-9-11-25(12-10-24)20(26)14-27-18-8-6-5-7-16(18)3/h5-8,13,15H,9-12,14H2,1-4H3. The Morgan fingerprint density at radius 2 is 1.81 bits per heavy atom. The summed E-state index contributed by atoms with van der Waals surface area (Å²) in [6.07, 6.45) is 0. The lowest BCUT2D eigenvalue weighted by molar-refractivity contribution is -0.133. The Morgan fingerprint density at radius 1 is 1.11 bits per heavy atom. The van der Waals surface area contributed by atoms with Crippen LogP contribution < -0.4 is 9.64 Å². The van der Waals surface area contributed by atoms with Crippen molar-refractivity contribution < 1.29 is 9.53 Å². The third-order valence-corrected chi connectivity index (χ3v) is 4.78. The zero-order valence-electron chi connectivity index (χ0n) is 16.6. The molecule has 1 aliphatic heterocycles. The minimum absolute atomic E-state index is 0.0274. The number of carbonyl (C=O) groups excluding carboxylic acids is 1. The van der Waals surface area contributed by atoms with Gasteiger partial charge >= 0.3 is 0 Å². The summed E-state index contributed by atoms with van der Waals surface area (Å²) in [7, 11) is 0. The molecular weight excluding hydrogens is 340 g/mol. The van der Waals surface area contributed by atoms with Gasteiger partial charge in [0.2, 0.25) is 0 Å². The van der Waals surface area contributed by atoms with Crippen molar-refractivity contribution in [3.63, 3.8) is 0 Å². The van der Waals surface area contributed by atoms with Crippen LogP contribution >= 0.6 is 0 Å². The number of aryl methyl sites for hydroxylation is 2. The molecule has 144 valence electrons. The first kappa shape index (κ1) is 19.1. The second-order valence-electron chi connectivity index (χ2n) is 7.30. The monoisotopic (exact) mass is 368 g/mol. The van der Waals surface area contributed by atoms with Crippen LogP contribution in [0.25, 0.3) is 0 Å². The lowest BCUT2D eigenvalue weighted by atomic mass is 10.2. The summed E-state index contributed by atoms with van der Waals surface area (Å²) in [6, 6.07) is 9.77. The number of benzene rings is 1. The number of carbonyl (C=O) groups is 1. The fraction of sp³-hybridized carbons (Fsp3) is 0.476. The van der Waals surface area contributed by atoms with E-state index in [9.17, 15) is 4.79 Å². The minimum Gasteiger partial charge on any atom is -0.484 e. The molecule has 0 unspecified atom stereocenters. The molecule has 0 N–H and O–H groups in total. The first-order chi connectivity index (χ1) is 12.9. The molecule has 1 aromatic carbocycles. The number of anilines is 1. The van der Waals surface area contributed by atoms with E-state index in [1.165, 1.54) is 0 Å². The summed E-state index contributed by atoms with van der Waals surface area (Å²) in [5.74, 6) is 2.91. The van der Waals surface area contributed by atoms with Gasteiger partial charge in [0, 0.05) is 43.9 Å². The molecule has 2 aromatic rings. The largest absolute Gasteiger partial charge is 0.484 e. The van der Waals surface area contributed by atoms with Gasteiger partial charge < -0.3 is 14.5 Å². The van der Waals surface area contributed by atoms with Crippen LogP contribution in [0.2, 0.25) is 0 Å². The van der Waals surface area contributed by atoms with Crippen LogP contribution in [-0.2, 0) is 4.79 Å². The van der Waals surface area contributed by atoms with Crippen LogP contribution in [0.3, 0.4) is 0 Å². The number of hydrogen-bond acceptors (Lipinski definition) is 5. The molecule has 0 saturated carbocycles. The van der Waals surface area contributed by atoms with Gasteiger partial charge in [-0.15, -0.1) is 0 Å². The average Bonchev–Trinajstić information content (AvgIpc) is 2.66. The summed E-state index contributed by atoms with van der Waals surface area (Å²) in [4.78, 5) is 25.8. The average molecular weight is 368 g/mol. The Balaban J connectivity index is 1.55. The normalized spacial score (nSPS) is 14.6. The molecule has 1 aromatic heterocycles. The maximum absolute atomic E-state index is 12.5. The summed E-state index contributed by atoms with van der Waals surface area (Å²) >= 11 is 0. The zero-order chi connectivity index (χ0) is 19.4. The number of para-hydroxylation sites is 1. The number of amides is 1. The van der Waals surface area contributed by atoms with Crippen molar-refractivity contribution in [2.24, 2.45) is 0 Å². The van der Waals surface area contributed by atoms with Crippen molar-refractivity contribution in [3.8, 4) is 5.75 Å². The van der Waals surface area contributed by atoms with Crippen molar-refractivity contribution in [2.75, 3.05) is 37.7 Å². The molecule has 1 saturated heterocycles. The number of aromatic nitrogens is 2. The second-order valence-corrected chi connectivity index (χ2v) is 7.30. The SMILES string of the molecule is Cc1cc(N2CCN(C(=O)COc3ccccc3C)CC2)nc(C(C)C)n1. The van der Waals surface area contributed by atoms with Crippen LogP contribution in [0.5, 0.6) is 5.75 Å². The Labute approximate surface area is 161 Å². The van der Waals surface area contributed by atoms with Crippen molar-refractivity contribution >= 4 is 11.7 Å². The molecule has 3 rings (SSSR count). The van der Waals surface area contributed by atoms with Crippen LogP contribution in [0.4, 0.5) is 5.82 Å². The lowest BCUT2D eigenvalue weighted by Crippen LogP contribution is -2.50. The molecule has 27 heavy (non-hydrogen) atoms. The first-order valence-electron chi connectivity index (χ1n) is 9.51. The number of hydrogen-bond donors (Lipinski definition) is 0. The molecule has 1 fully saturated rings. The third kappa shape index (κ3) is 4.76. The molecule has 0 radical (unpaired) electrons. The van der Waals surface area contributed by atoms with Gasteiger partial charge in [0.15, 0.2) is 6.61 Å². The third-order valence-electron chi connectivity index (χ3n) is 4.78. The quantitative estimate of drug-likeness (QED) is 0.812. The molecule has 0 atom stereocenters. The van der Waals surface area contributed by atoms with E-state index in [1.54, 1.807) is 0 Å². The van der Waals surface area contributed by atoms with E-state index in [-0.39, 0.29) is 12.5 Å². The second kappa shape index (κ2) is 8.37. The molecule has 1 amide bonds. The molecule has 0 bridgehead atoms. The van der Waals surface area contributed by atoms with Gasteiger partial charge in [-0.3, -0.25) is 4.79 Å². The predicted octanol–water partition coefficient (Wildman–Crippen LogP) is 2.94. The minimum atomic E-state index is 0.0274. The highest BCUT2D eigenvalue weighted by atomic mass is 16.5. The summed E-state index contributed by atoms with van der Waals surface area (Å²) in [5.41, 5.74) is 2.02. The molecule has 1 aliphatic rings. The van der Waals surface area contributed by atoms with Crippen LogP contribution in [0.1, 0.15) is 36.8 Å². The Morgan fingerprint density at radius 3 is 2.48 bits per heavy atom. The van der Waals surface area contributed by atoms with Gasteiger partial charge in [-0.1, -0.05) is 32.0 Å². The number of ether oxygens (including phenoxy) is 1. The van der Waals surface area contributed by atoms with Crippen molar-refractivity contribution in [2.45, 2.75) is 33.6 Å². The summed E-state index contributed by atoms with van der Waals surface area (Å²) in [5, 5.41) is 0. The van der Waals surface area contributed by atoms with Gasteiger partial charge in [0.1, 0.15) is 17.4 Å². The van der Waals surface area contributed by atoms with Crippen molar-refractivity contribution in [1.82, 2.24) is 14.9 Å². The molecule has 0 aliphatic carbocycles. The highest BCUT2D eigenvalue weighted by Gasteiger charge is 2.23. The van der Waals surface area contributed by atoms with E-state index in [0.29, 0.717) is 19.0 Å². The predicted molar refractivity (Wildman–Crippen MR) is 106 cm³/mol. The number of piperazine rings is 1. The fourth-order valence-corrected chi connectivity index (χ4v) is 3.13. The highest BCUT2D eigenvalue weighted by Crippen LogP contribution is 2.19. The van der Waals surface area contributed by atoms with Gasteiger partial charge in [-0.2, -0.15) is 0 Å². The number of nitrogens with zero attached hydrogens (tertiary/aromatic N) is 4. The first-order valence-corrected chi connectivity index (χ1v) is 9.51. The lowest BCUT2D eigenvalue weighted by Gasteiger charge is -2.35. The topological polar surface area (TPSA) is 58.6 Å². The Bertz CT molecular complexity index is 799. The van der Waals surface area contributed by atoms with E-state index in [0.717, 1.165) is 41.7 Å². The van der Waals surface area contributed by atoms with Crippen LogP contribution in [-0.4, -0.2) is 53.6 Å². The van der Waals surface area contributed by atoms with Crippen LogP contribution in [0, 0.1) is 13.8 Å². The Kier molecular flexibility index (Phi) is 5.94. The van der Waals surface area contributed by atoms with E-state index < -0.39 is 0 Å². The van der Waals surface area contributed by atoms with Gasteiger partial charge in [0.25, 0.3) is 5.91 Å². The smallest absolute Gasteiger partial charge is 0.260 e. The highest BCUT2D eigenvalue weighted by molar-refractivity contribution is 5.78. The van der Waals surface area contributed by atoms with Crippen molar-refractivity contribution in [3.05, 3.63) is 47.4 Å². The van der Waals surface area contributed by atoms with Gasteiger partial charge in [-0.05, 0) is 25.5 Å². The Hall–Kier alpha value is -2.63. The maximum atomic E-state index is 12.5. The number of rotatable bonds is 5.